The molecular formula is C21H29NO5S. The number of hydrogen-bond acceptors (Lipinski definition) is 5. The van der Waals surface area contributed by atoms with E-state index in [9.17, 15) is 18.0 Å². The van der Waals surface area contributed by atoms with E-state index in [-0.39, 0.29) is 42.5 Å². The second kappa shape index (κ2) is 9.07. The van der Waals surface area contributed by atoms with Crippen molar-refractivity contribution in [2.24, 2.45) is 0 Å². The first-order valence-corrected chi connectivity index (χ1v) is 11.9. The van der Waals surface area contributed by atoms with Crippen LogP contribution in [0.4, 0.5) is 0 Å². The maximum atomic E-state index is 12.9. The number of carbonyl (C=O) groups is 2. The predicted octanol–water partition coefficient (Wildman–Crippen LogP) is 2.43. The van der Waals surface area contributed by atoms with E-state index in [1.807, 2.05) is 31.2 Å². The molecular weight excluding hydrogens is 378 g/mol. The summed E-state index contributed by atoms with van der Waals surface area (Å²) >= 11 is 0. The van der Waals surface area contributed by atoms with Gasteiger partial charge in [0.05, 0.1) is 17.9 Å². The molecule has 0 radical (unpaired) electrons. The zero-order valence-electron chi connectivity index (χ0n) is 16.4. The highest BCUT2D eigenvalue weighted by Crippen LogP contribution is 2.28. The largest absolute Gasteiger partial charge is 0.455 e. The van der Waals surface area contributed by atoms with Gasteiger partial charge in [-0.25, -0.2) is 8.42 Å². The summed E-state index contributed by atoms with van der Waals surface area (Å²) in [5, 5.41) is 0. The Bertz CT molecular complexity index is 797. The Morgan fingerprint density at radius 3 is 2.32 bits per heavy atom. The fourth-order valence-electron chi connectivity index (χ4n) is 4.20. The van der Waals surface area contributed by atoms with Crippen LogP contribution in [0.5, 0.6) is 0 Å². The summed E-state index contributed by atoms with van der Waals surface area (Å²) < 4.78 is 29.1. The number of amides is 1. The summed E-state index contributed by atoms with van der Waals surface area (Å²) in [6.07, 6.45) is 5.60. The van der Waals surface area contributed by atoms with E-state index in [0.29, 0.717) is 6.42 Å². The monoisotopic (exact) mass is 407 g/mol. The molecule has 1 amide bonds. The summed E-state index contributed by atoms with van der Waals surface area (Å²) in [4.78, 5) is 26.8. The van der Waals surface area contributed by atoms with Crippen molar-refractivity contribution >= 4 is 21.7 Å². The fraction of sp³-hybridized carbons (Fsp3) is 0.619. The molecule has 1 atom stereocenters. The van der Waals surface area contributed by atoms with E-state index in [1.54, 1.807) is 4.90 Å². The van der Waals surface area contributed by atoms with Crippen LogP contribution in [0.25, 0.3) is 0 Å². The van der Waals surface area contributed by atoms with Crippen molar-refractivity contribution in [3.05, 3.63) is 35.4 Å². The molecule has 0 bridgehead atoms. The van der Waals surface area contributed by atoms with Crippen molar-refractivity contribution in [3.63, 3.8) is 0 Å². The molecule has 2 aliphatic rings. The van der Waals surface area contributed by atoms with Gasteiger partial charge in [0.25, 0.3) is 5.91 Å². The third kappa shape index (κ3) is 5.56. The van der Waals surface area contributed by atoms with E-state index in [1.165, 1.54) is 0 Å². The van der Waals surface area contributed by atoms with Gasteiger partial charge in [-0.05, 0) is 31.7 Å². The van der Waals surface area contributed by atoms with Gasteiger partial charge in [-0.2, -0.15) is 0 Å². The molecule has 0 aromatic heterocycles. The van der Waals surface area contributed by atoms with Crippen molar-refractivity contribution in [2.45, 2.75) is 64.0 Å². The summed E-state index contributed by atoms with van der Waals surface area (Å²) in [6.45, 7) is 1.65. The van der Waals surface area contributed by atoms with Crippen molar-refractivity contribution in [3.8, 4) is 0 Å². The average Bonchev–Trinajstić information content (AvgIpc) is 3.02. The molecule has 1 heterocycles. The molecule has 1 aromatic rings. The molecule has 1 aromatic carbocycles. The quantitative estimate of drug-likeness (QED) is 0.677. The maximum Gasteiger partial charge on any atom is 0.310 e. The minimum atomic E-state index is -3.09. The summed E-state index contributed by atoms with van der Waals surface area (Å²) in [7, 11) is -3.09. The second-order valence-electron chi connectivity index (χ2n) is 7.97. The smallest absolute Gasteiger partial charge is 0.310 e. The normalized spacial score (nSPS) is 22.0. The number of rotatable bonds is 6. The molecule has 28 heavy (non-hydrogen) atoms. The topological polar surface area (TPSA) is 80.8 Å². The van der Waals surface area contributed by atoms with E-state index in [2.05, 4.69) is 0 Å². The van der Waals surface area contributed by atoms with E-state index in [4.69, 9.17) is 4.74 Å². The van der Waals surface area contributed by atoms with Crippen molar-refractivity contribution in [1.82, 2.24) is 4.90 Å². The first kappa shape index (κ1) is 20.8. The molecule has 1 unspecified atom stereocenters. The minimum absolute atomic E-state index is 0.0204. The molecule has 0 N–H and O–H groups in total. The van der Waals surface area contributed by atoms with Crippen molar-refractivity contribution in [2.75, 3.05) is 18.1 Å². The number of nitrogens with zero attached hydrogens (tertiary/aromatic N) is 1. The van der Waals surface area contributed by atoms with Crippen LogP contribution in [0.15, 0.2) is 24.3 Å². The van der Waals surface area contributed by atoms with Crippen LogP contribution in [0.1, 0.15) is 49.7 Å². The SMILES string of the molecule is Cc1ccc(CC(=O)OCC(=O)N(C2CCCCC2)C2CCS(=O)(=O)C2)cc1. The van der Waals surface area contributed by atoms with Crippen molar-refractivity contribution in [1.29, 1.82) is 0 Å². The average molecular weight is 408 g/mol. The van der Waals surface area contributed by atoms with Crippen LogP contribution in [-0.4, -0.2) is 55.4 Å². The lowest BCUT2D eigenvalue weighted by atomic mass is 9.93. The zero-order valence-corrected chi connectivity index (χ0v) is 17.2. The van der Waals surface area contributed by atoms with Gasteiger partial charge in [0, 0.05) is 12.1 Å². The van der Waals surface area contributed by atoms with Crippen LogP contribution in [0, 0.1) is 6.92 Å². The molecule has 0 spiro atoms. The molecule has 2 fully saturated rings. The van der Waals surface area contributed by atoms with Gasteiger partial charge in [-0.15, -0.1) is 0 Å². The molecule has 1 saturated carbocycles. The Labute approximate surface area is 167 Å². The van der Waals surface area contributed by atoms with Crippen LogP contribution < -0.4 is 0 Å². The highest BCUT2D eigenvalue weighted by atomic mass is 32.2. The molecule has 1 aliphatic heterocycles. The molecule has 3 rings (SSSR count). The first-order valence-electron chi connectivity index (χ1n) is 10.1. The van der Waals surface area contributed by atoms with Gasteiger partial charge in [0.2, 0.25) is 0 Å². The van der Waals surface area contributed by atoms with Gasteiger partial charge in [-0.1, -0.05) is 49.1 Å². The Kier molecular flexibility index (Phi) is 6.75. The number of esters is 1. The molecule has 6 nitrogen and oxygen atoms in total. The second-order valence-corrected chi connectivity index (χ2v) is 10.2. The molecule has 1 saturated heterocycles. The lowest BCUT2D eigenvalue weighted by Gasteiger charge is -2.38. The minimum Gasteiger partial charge on any atom is -0.455 e. The highest BCUT2D eigenvalue weighted by molar-refractivity contribution is 7.91. The van der Waals surface area contributed by atoms with Crippen LogP contribution in [-0.2, 0) is 30.6 Å². The Morgan fingerprint density at radius 2 is 1.71 bits per heavy atom. The number of benzene rings is 1. The van der Waals surface area contributed by atoms with Gasteiger partial charge in [0.15, 0.2) is 16.4 Å². The number of hydrogen-bond donors (Lipinski definition) is 0. The maximum absolute atomic E-state index is 12.9. The summed E-state index contributed by atoms with van der Waals surface area (Å²) in [6, 6.07) is 7.36. The van der Waals surface area contributed by atoms with Crippen LogP contribution >= 0.6 is 0 Å². The molecule has 1 aliphatic carbocycles. The highest BCUT2D eigenvalue weighted by Gasteiger charge is 2.38. The summed E-state index contributed by atoms with van der Waals surface area (Å²) in [5.74, 6) is -0.570. The lowest BCUT2D eigenvalue weighted by Crippen LogP contribution is -2.50. The Hall–Kier alpha value is -1.89. The van der Waals surface area contributed by atoms with E-state index < -0.39 is 15.8 Å². The van der Waals surface area contributed by atoms with Crippen LogP contribution in [0.3, 0.4) is 0 Å². The van der Waals surface area contributed by atoms with Crippen LogP contribution in [0.2, 0.25) is 0 Å². The molecule has 7 heteroatoms. The lowest BCUT2D eigenvalue weighted by molar-refractivity contribution is -0.154. The third-order valence-electron chi connectivity index (χ3n) is 5.68. The standard InChI is InChI=1S/C21H29NO5S/c1-16-7-9-17(10-8-16)13-21(24)27-14-20(23)22(18-5-3-2-4-6-18)19-11-12-28(25,26)15-19/h7-10,18-19H,2-6,11-15H2,1H3. The van der Waals surface area contributed by atoms with Gasteiger partial charge >= 0.3 is 5.97 Å². The van der Waals surface area contributed by atoms with Crippen molar-refractivity contribution < 1.29 is 22.7 Å². The van der Waals surface area contributed by atoms with Gasteiger partial charge in [0.1, 0.15) is 0 Å². The Balaban J connectivity index is 1.60. The Morgan fingerprint density at radius 1 is 1.04 bits per heavy atom. The first-order chi connectivity index (χ1) is 13.3. The number of sulfone groups is 1. The van der Waals surface area contributed by atoms with E-state index in [0.717, 1.165) is 43.2 Å². The predicted molar refractivity (Wildman–Crippen MR) is 107 cm³/mol. The number of aryl methyl sites for hydroxylation is 1. The van der Waals surface area contributed by atoms with E-state index >= 15 is 0 Å². The fourth-order valence-corrected chi connectivity index (χ4v) is 5.91. The van der Waals surface area contributed by atoms with Gasteiger partial charge in [-0.3, -0.25) is 9.59 Å². The zero-order chi connectivity index (χ0) is 20.1. The van der Waals surface area contributed by atoms with Gasteiger partial charge < -0.3 is 9.64 Å². The number of ether oxygens (including phenoxy) is 1. The number of carbonyl (C=O) groups excluding carboxylic acids is 2. The summed E-state index contributed by atoms with van der Waals surface area (Å²) in [5.41, 5.74) is 1.95. The third-order valence-corrected chi connectivity index (χ3v) is 7.43. The molecule has 154 valence electrons.